The van der Waals surface area contributed by atoms with Crippen molar-refractivity contribution in [1.82, 2.24) is 5.32 Å². The van der Waals surface area contributed by atoms with E-state index in [9.17, 15) is 9.59 Å². The fourth-order valence-electron chi connectivity index (χ4n) is 3.28. The molecule has 1 saturated heterocycles. The van der Waals surface area contributed by atoms with Gasteiger partial charge < -0.3 is 25.4 Å². The molecule has 0 aromatic rings. The van der Waals surface area contributed by atoms with Gasteiger partial charge in [0.15, 0.2) is 0 Å². The van der Waals surface area contributed by atoms with Crippen molar-refractivity contribution in [3.05, 3.63) is 12.2 Å². The number of allylic oxidation sites excluding steroid dienone is 1. The van der Waals surface area contributed by atoms with E-state index < -0.39 is 24.6 Å². The van der Waals surface area contributed by atoms with Gasteiger partial charge in [-0.1, -0.05) is 77.2 Å². The smallest absolute Gasteiger partial charge is 0.330 e. The summed E-state index contributed by atoms with van der Waals surface area (Å²) in [4.78, 5) is 21.4. The van der Waals surface area contributed by atoms with E-state index in [0.29, 0.717) is 0 Å². The lowest BCUT2D eigenvalue weighted by Crippen LogP contribution is -2.29. The fourth-order valence-corrected chi connectivity index (χ4v) is 3.28. The van der Waals surface area contributed by atoms with Crippen molar-refractivity contribution in [1.29, 1.82) is 0 Å². The molecule has 2 atom stereocenters. The third-order valence-electron chi connectivity index (χ3n) is 5.22. The number of rotatable bonds is 17. The fraction of sp³-hybridized carbons (Fsp3) is 0.833. The molecule has 0 aromatic heterocycles. The Bertz CT molecular complexity index is 463. The van der Waals surface area contributed by atoms with Gasteiger partial charge >= 0.3 is 11.9 Å². The van der Waals surface area contributed by atoms with Gasteiger partial charge in [-0.15, -0.1) is 0 Å². The topological polar surface area (TPSA) is 116 Å². The van der Waals surface area contributed by atoms with Crippen LogP contribution in [0.2, 0.25) is 0 Å². The standard InChI is InChI=1S/C19H36O4.C5H9NO2/c1-2-3-4-5-6-7-8-9-10-11-12-13-14-15-19(22)23-17-18(21)16-20;7-5(8)4-2-1-3-6-4/h14-15,18,20-21H,2-13,16-17H2,1H3;4,6H,1-3H2,(H,7,8)/b15-14+;. The Morgan fingerprint density at radius 2 is 1.61 bits per heavy atom. The normalized spacial score (nSPS) is 16.7. The number of ether oxygens (including phenoxy) is 1. The van der Waals surface area contributed by atoms with Crippen LogP contribution in [0.4, 0.5) is 0 Å². The molecule has 0 bridgehead atoms. The van der Waals surface area contributed by atoms with Crippen molar-refractivity contribution in [2.75, 3.05) is 19.8 Å². The zero-order chi connectivity index (χ0) is 23.2. The number of aliphatic carboxylic acids is 1. The molecule has 31 heavy (non-hydrogen) atoms. The van der Waals surface area contributed by atoms with Crippen LogP contribution in [0.25, 0.3) is 0 Å². The van der Waals surface area contributed by atoms with Crippen molar-refractivity contribution < 1.29 is 29.6 Å². The van der Waals surface area contributed by atoms with Gasteiger partial charge in [0.1, 0.15) is 18.8 Å². The lowest BCUT2D eigenvalue weighted by atomic mass is 10.1. The lowest BCUT2D eigenvalue weighted by molar-refractivity contribution is -0.141. The molecule has 7 nitrogen and oxygen atoms in total. The van der Waals surface area contributed by atoms with Crippen molar-refractivity contribution in [2.45, 2.75) is 109 Å². The first-order chi connectivity index (χ1) is 15.0. The number of hydrogen-bond acceptors (Lipinski definition) is 6. The molecule has 0 radical (unpaired) electrons. The van der Waals surface area contributed by atoms with Gasteiger partial charge in [0.05, 0.1) is 6.61 Å². The minimum absolute atomic E-state index is 0.155. The number of aliphatic hydroxyl groups is 2. The molecule has 7 heteroatoms. The third kappa shape index (κ3) is 20.2. The Labute approximate surface area is 188 Å². The number of unbranched alkanes of at least 4 members (excludes halogenated alkanes) is 11. The highest BCUT2D eigenvalue weighted by Crippen LogP contribution is 2.12. The second kappa shape index (κ2) is 21.8. The van der Waals surface area contributed by atoms with Crippen molar-refractivity contribution in [3.8, 4) is 0 Å². The number of carbonyl (C=O) groups excluding carboxylic acids is 1. The first kappa shape index (κ1) is 29.6. The van der Waals surface area contributed by atoms with Crippen LogP contribution in [0.5, 0.6) is 0 Å². The lowest BCUT2D eigenvalue weighted by Gasteiger charge is -2.06. The maximum Gasteiger partial charge on any atom is 0.330 e. The van der Waals surface area contributed by atoms with Crippen molar-refractivity contribution >= 4 is 11.9 Å². The van der Waals surface area contributed by atoms with Gasteiger partial charge in [0.25, 0.3) is 0 Å². The van der Waals surface area contributed by atoms with E-state index in [-0.39, 0.29) is 12.6 Å². The minimum Gasteiger partial charge on any atom is -0.480 e. The van der Waals surface area contributed by atoms with E-state index in [1.807, 2.05) is 6.08 Å². The zero-order valence-corrected chi connectivity index (χ0v) is 19.4. The summed E-state index contributed by atoms with van der Waals surface area (Å²) in [5.74, 6) is -1.18. The van der Waals surface area contributed by atoms with Crippen LogP contribution in [0.3, 0.4) is 0 Å². The van der Waals surface area contributed by atoms with E-state index in [1.165, 1.54) is 70.3 Å². The van der Waals surface area contributed by atoms with Crippen molar-refractivity contribution in [3.63, 3.8) is 0 Å². The summed E-state index contributed by atoms with van der Waals surface area (Å²) in [6.45, 7) is 2.56. The third-order valence-corrected chi connectivity index (χ3v) is 5.22. The predicted octanol–water partition coefficient (Wildman–Crippen LogP) is 3.96. The van der Waals surface area contributed by atoms with Crippen LogP contribution < -0.4 is 5.32 Å². The Balaban J connectivity index is 0.000000929. The van der Waals surface area contributed by atoms with E-state index in [0.717, 1.165) is 32.2 Å². The molecular formula is C24H45NO6. The largest absolute Gasteiger partial charge is 0.480 e. The highest BCUT2D eigenvalue weighted by atomic mass is 16.5. The highest BCUT2D eigenvalue weighted by Gasteiger charge is 2.20. The Kier molecular flexibility index (Phi) is 20.8. The van der Waals surface area contributed by atoms with Gasteiger partial charge in [-0.05, 0) is 32.2 Å². The summed E-state index contributed by atoms with van der Waals surface area (Å²) in [5, 5.41) is 28.8. The Morgan fingerprint density at radius 3 is 2.06 bits per heavy atom. The molecule has 0 amide bonds. The molecule has 0 spiro atoms. The molecule has 1 aliphatic rings. The monoisotopic (exact) mass is 443 g/mol. The number of nitrogens with one attached hydrogen (secondary N) is 1. The number of hydrogen-bond donors (Lipinski definition) is 4. The van der Waals surface area contributed by atoms with Gasteiger partial charge in [-0.2, -0.15) is 0 Å². The van der Waals surface area contributed by atoms with Crippen LogP contribution in [-0.4, -0.2) is 59.2 Å². The molecule has 1 rings (SSSR count). The van der Waals surface area contributed by atoms with Crippen LogP contribution >= 0.6 is 0 Å². The van der Waals surface area contributed by atoms with E-state index >= 15 is 0 Å². The summed E-state index contributed by atoms with van der Waals surface area (Å²) in [6.07, 6.45) is 19.4. The second-order valence-corrected chi connectivity index (χ2v) is 8.18. The number of carbonyl (C=O) groups is 2. The van der Waals surface area contributed by atoms with E-state index in [4.69, 9.17) is 20.1 Å². The summed E-state index contributed by atoms with van der Waals surface area (Å²) in [5.41, 5.74) is 0. The highest BCUT2D eigenvalue weighted by molar-refractivity contribution is 5.81. The maximum atomic E-state index is 11.3. The number of aliphatic hydroxyl groups excluding tert-OH is 2. The molecule has 1 aliphatic heterocycles. The summed E-state index contributed by atoms with van der Waals surface area (Å²) < 4.78 is 4.77. The van der Waals surface area contributed by atoms with Gasteiger partial charge in [0, 0.05) is 6.08 Å². The van der Waals surface area contributed by atoms with Crippen LogP contribution in [-0.2, 0) is 14.3 Å². The van der Waals surface area contributed by atoms with Gasteiger partial charge in [0.2, 0.25) is 0 Å². The summed E-state index contributed by atoms with van der Waals surface area (Å²) in [7, 11) is 0. The van der Waals surface area contributed by atoms with E-state index in [2.05, 4.69) is 12.2 Å². The molecule has 1 fully saturated rings. The van der Waals surface area contributed by atoms with Crippen LogP contribution in [0, 0.1) is 0 Å². The van der Waals surface area contributed by atoms with Gasteiger partial charge in [-0.25, -0.2) is 4.79 Å². The average Bonchev–Trinajstić information content (AvgIpc) is 3.31. The maximum absolute atomic E-state index is 11.3. The molecule has 182 valence electrons. The molecule has 0 aliphatic carbocycles. The molecule has 0 aromatic carbocycles. The minimum atomic E-state index is -0.987. The Morgan fingerprint density at radius 1 is 1.03 bits per heavy atom. The SMILES string of the molecule is CCCCCCCCCCCCC/C=C/C(=O)OCC(O)CO.O=C(O)C1CCCN1. The predicted molar refractivity (Wildman–Crippen MR) is 123 cm³/mol. The number of carboxylic acid groups (broad SMARTS) is 1. The molecule has 1 heterocycles. The zero-order valence-electron chi connectivity index (χ0n) is 19.4. The van der Waals surface area contributed by atoms with Crippen LogP contribution in [0.1, 0.15) is 96.8 Å². The second-order valence-electron chi connectivity index (χ2n) is 8.18. The average molecular weight is 444 g/mol. The molecular weight excluding hydrogens is 398 g/mol. The Hall–Kier alpha value is -1.44. The van der Waals surface area contributed by atoms with Gasteiger partial charge in [-0.3, -0.25) is 4.79 Å². The van der Waals surface area contributed by atoms with Crippen molar-refractivity contribution in [2.24, 2.45) is 0 Å². The first-order valence-corrected chi connectivity index (χ1v) is 12.1. The van der Waals surface area contributed by atoms with Crippen LogP contribution in [0.15, 0.2) is 12.2 Å². The number of carboxylic acids is 1. The molecule has 4 N–H and O–H groups in total. The molecule has 2 unspecified atom stereocenters. The summed E-state index contributed by atoms with van der Waals surface area (Å²) >= 11 is 0. The summed E-state index contributed by atoms with van der Waals surface area (Å²) in [6, 6.07) is -0.269. The first-order valence-electron chi connectivity index (χ1n) is 12.1. The number of esters is 1. The molecule has 0 saturated carbocycles. The van der Waals surface area contributed by atoms with E-state index in [1.54, 1.807) is 0 Å². The quantitative estimate of drug-likeness (QED) is 0.153.